The predicted molar refractivity (Wildman–Crippen MR) is 47.0 cm³/mol. The van der Waals surface area contributed by atoms with Crippen molar-refractivity contribution in [3.63, 3.8) is 0 Å². The summed E-state index contributed by atoms with van der Waals surface area (Å²) in [6.07, 6.45) is 1.58. The molecule has 1 amide bonds. The van der Waals surface area contributed by atoms with E-state index in [4.69, 9.17) is 4.74 Å². The summed E-state index contributed by atoms with van der Waals surface area (Å²) in [7, 11) is 0. The van der Waals surface area contributed by atoms with Crippen LogP contribution >= 0.6 is 0 Å². The molecule has 1 aliphatic heterocycles. The van der Waals surface area contributed by atoms with Gasteiger partial charge in [-0.3, -0.25) is 9.59 Å². The molecule has 0 bridgehead atoms. The van der Waals surface area contributed by atoms with Gasteiger partial charge in [-0.1, -0.05) is 6.92 Å². The van der Waals surface area contributed by atoms with Gasteiger partial charge in [0.1, 0.15) is 0 Å². The van der Waals surface area contributed by atoms with Crippen molar-refractivity contribution < 1.29 is 14.3 Å². The van der Waals surface area contributed by atoms with E-state index in [2.05, 4.69) is 5.32 Å². The van der Waals surface area contributed by atoms with Gasteiger partial charge in [0, 0.05) is 19.4 Å². The first-order chi connectivity index (χ1) is 6.15. The van der Waals surface area contributed by atoms with E-state index in [0.717, 1.165) is 12.8 Å². The van der Waals surface area contributed by atoms with Crippen molar-refractivity contribution in [2.75, 3.05) is 6.61 Å². The van der Waals surface area contributed by atoms with E-state index in [1.807, 2.05) is 6.92 Å². The molecule has 1 rings (SSSR count). The second-order valence-corrected chi connectivity index (χ2v) is 3.26. The van der Waals surface area contributed by atoms with Crippen LogP contribution in [0.5, 0.6) is 0 Å². The second kappa shape index (κ2) is 4.25. The number of carbonyl (C=O) groups is 2. The molecule has 2 unspecified atom stereocenters. The highest BCUT2D eigenvalue weighted by molar-refractivity contribution is 5.85. The fourth-order valence-electron chi connectivity index (χ4n) is 1.55. The van der Waals surface area contributed by atoms with E-state index in [1.165, 1.54) is 6.92 Å². The normalized spacial score (nSPS) is 26.2. The standard InChI is InChI=1S/C9H15NO3/c1-3-7-8(10-9(7)12)4-5-13-6(2)11/h7-8H,3-5H2,1-2H3,(H,10,12). The summed E-state index contributed by atoms with van der Waals surface area (Å²) in [6, 6.07) is 0.205. The van der Waals surface area contributed by atoms with Gasteiger partial charge >= 0.3 is 5.97 Å². The maximum atomic E-state index is 11.0. The average Bonchev–Trinajstić information content (AvgIpc) is 2.02. The van der Waals surface area contributed by atoms with Gasteiger partial charge in [-0.15, -0.1) is 0 Å². The van der Waals surface area contributed by atoms with Crippen molar-refractivity contribution in [1.82, 2.24) is 5.32 Å². The SMILES string of the molecule is CCC1C(=O)NC1CCOC(C)=O. The Morgan fingerprint density at radius 1 is 1.62 bits per heavy atom. The molecule has 0 aromatic rings. The summed E-state index contributed by atoms with van der Waals surface area (Å²) in [6.45, 7) is 3.77. The molecule has 1 aliphatic rings. The molecule has 0 aliphatic carbocycles. The average molecular weight is 185 g/mol. The number of amides is 1. The molecule has 13 heavy (non-hydrogen) atoms. The third kappa shape index (κ3) is 2.44. The summed E-state index contributed by atoms with van der Waals surface area (Å²) in [4.78, 5) is 21.4. The third-order valence-corrected chi connectivity index (χ3v) is 2.32. The van der Waals surface area contributed by atoms with Crippen LogP contribution in [0.4, 0.5) is 0 Å². The lowest BCUT2D eigenvalue weighted by Crippen LogP contribution is -2.58. The Morgan fingerprint density at radius 2 is 2.31 bits per heavy atom. The van der Waals surface area contributed by atoms with Crippen molar-refractivity contribution in [2.45, 2.75) is 32.7 Å². The Bertz CT molecular complexity index is 215. The van der Waals surface area contributed by atoms with Gasteiger partial charge in [-0.05, 0) is 6.42 Å². The quantitative estimate of drug-likeness (QED) is 0.511. The fourth-order valence-corrected chi connectivity index (χ4v) is 1.55. The Balaban J connectivity index is 2.16. The molecule has 2 atom stereocenters. The van der Waals surface area contributed by atoms with Gasteiger partial charge in [0.25, 0.3) is 0 Å². The van der Waals surface area contributed by atoms with Crippen molar-refractivity contribution in [3.05, 3.63) is 0 Å². The number of rotatable bonds is 4. The maximum absolute atomic E-state index is 11.0. The molecule has 0 saturated carbocycles. The highest BCUT2D eigenvalue weighted by atomic mass is 16.5. The van der Waals surface area contributed by atoms with Crippen LogP contribution in [0.3, 0.4) is 0 Å². The van der Waals surface area contributed by atoms with Crippen LogP contribution in [0.1, 0.15) is 26.7 Å². The molecule has 0 aromatic carbocycles. The maximum Gasteiger partial charge on any atom is 0.302 e. The molecule has 1 fully saturated rings. The summed E-state index contributed by atoms with van der Waals surface area (Å²) >= 11 is 0. The van der Waals surface area contributed by atoms with Gasteiger partial charge < -0.3 is 10.1 Å². The first-order valence-corrected chi connectivity index (χ1v) is 4.59. The number of carbonyl (C=O) groups excluding carboxylic acids is 2. The van der Waals surface area contributed by atoms with E-state index >= 15 is 0 Å². The minimum Gasteiger partial charge on any atom is -0.466 e. The minimum atomic E-state index is -0.265. The molecule has 1 heterocycles. The van der Waals surface area contributed by atoms with Crippen molar-refractivity contribution in [1.29, 1.82) is 0 Å². The van der Waals surface area contributed by atoms with Crippen LogP contribution < -0.4 is 5.32 Å². The molecular formula is C9H15NO3. The van der Waals surface area contributed by atoms with Crippen LogP contribution in [0.25, 0.3) is 0 Å². The predicted octanol–water partition coefficient (Wildman–Crippen LogP) is 0.464. The molecular weight excluding hydrogens is 170 g/mol. The second-order valence-electron chi connectivity index (χ2n) is 3.26. The monoisotopic (exact) mass is 185 g/mol. The first kappa shape index (κ1) is 10.0. The molecule has 1 saturated heterocycles. The Labute approximate surface area is 77.6 Å². The zero-order valence-corrected chi connectivity index (χ0v) is 8.00. The summed E-state index contributed by atoms with van der Waals surface area (Å²) in [5.41, 5.74) is 0. The topological polar surface area (TPSA) is 55.4 Å². The molecule has 4 heteroatoms. The molecule has 0 aromatic heterocycles. The minimum absolute atomic E-state index is 0.121. The Hall–Kier alpha value is -1.06. The molecule has 1 N–H and O–H groups in total. The highest BCUT2D eigenvalue weighted by Crippen LogP contribution is 2.20. The van der Waals surface area contributed by atoms with E-state index in [0.29, 0.717) is 6.61 Å². The van der Waals surface area contributed by atoms with Crippen molar-refractivity contribution >= 4 is 11.9 Å². The third-order valence-electron chi connectivity index (χ3n) is 2.32. The summed E-state index contributed by atoms with van der Waals surface area (Å²) < 4.78 is 4.79. The van der Waals surface area contributed by atoms with Crippen LogP contribution in [0.15, 0.2) is 0 Å². The largest absolute Gasteiger partial charge is 0.466 e. The summed E-state index contributed by atoms with van der Waals surface area (Å²) in [5, 5.41) is 2.79. The van der Waals surface area contributed by atoms with E-state index in [9.17, 15) is 9.59 Å². The van der Waals surface area contributed by atoms with Crippen LogP contribution in [0.2, 0.25) is 0 Å². The van der Waals surface area contributed by atoms with Gasteiger partial charge in [0.2, 0.25) is 5.91 Å². The number of esters is 1. The lowest BCUT2D eigenvalue weighted by molar-refractivity contribution is -0.142. The molecule has 0 spiro atoms. The van der Waals surface area contributed by atoms with Crippen LogP contribution in [-0.2, 0) is 14.3 Å². The van der Waals surface area contributed by atoms with Crippen LogP contribution in [0, 0.1) is 5.92 Å². The zero-order chi connectivity index (χ0) is 9.84. The zero-order valence-electron chi connectivity index (χ0n) is 8.00. The smallest absolute Gasteiger partial charge is 0.302 e. The van der Waals surface area contributed by atoms with Crippen molar-refractivity contribution in [3.8, 4) is 0 Å². The number of hydrogen-bond donors (Lipinski definition) is 1. The molecule has 4 nitrogen and oxygen atoms in total. The van der Waals surface area contributed by atoms with Crippen LogP contribution in [-0.4, -0.2) is 24.5 Å². The lowest BCUT2D eigenvalue weighted by Gasteiger charge is -2.36. The lowest BCUT2D eigenvalue weighted by atomic mass is 9.86. The van der Waals surface area contributed by atoms with E-state index in [1.54, 1.807) is 0 Å². The highest BCUT2D eigenvalue weighted by Gasteiger charge is 2.36. The first-order valence-electron chi connectivity index (χ1n) is 4.59. The number of β-lactam (4-membered cyclic amide) rings is 1. The molecule has 0 radical (unpaired) electrons. The number of hydrogen-bond acceptors (Lipinski definition) is 3. The van der Waals surface area contributed by atoms with E-state index in [-0.39, 0.29) is 23.8 Å². The Morgan fingerprint density at radius 3 is 2.77 bits per heavy atom. The fraction of sp³-hybridized carbons (Fsp3) is 0.778. The van der Waals surface area contributed by atoms with Gasteiger partial charge in [0.15, 0.2) is 0 Å². The summed E-state index contributed by atoms with van der Waals surface area (Å²) in [5.74, 6) is -0.0235. The number of nitrogens with one attached hydrogen (secondary N) is 1. The molecule has 74 valence electrons. The van der Waals surface area contributed by atoms with Gasteiger partial charge in [-0.25, -0.2) is 0 Å². The van der Waals surface area contributed by atoms with Gasteiger partial charge in [0.05, 0.1) is 12.5 Å². The number of ether oxygens (including phenoxy) is 1. The van der Waals surface area contributed by atoms with Crippen molar-refractivity contribution in [2.24, 2.45) is 5.92 Å². The Kier molecular flexibility index (Phi) is 3.28. The van der Waals surface area contributed by atoms with E-state index < -0.39 is 0 Å². The van der Waals surface area contributed by atoms with Gasteiger partial charge in [-0.2, -0.15) is 0 Å².